The largest absolute Gasteiger partial charge is 0.394 e. The van der Waals surface area contributed by atoms with Crippen molar-refractivity contribution in [2.75, 3.05) is 19.8 Å². The Bertz CT molecular complexity index is 366. The van der Waals surface area contributed by atoms with Crippen molar-refractivity contribution >= 4 is 0 Å². The number of hydrogen-bond acceptors (Lipinski definition) is 10. The van der Waals surface area contributed by atoms with Gasteiger partial charge in [0.1, 0.15) is 37.1 Å². The summed E-state index contributed by atoms with van der Waals surface area (Å²) in [6.07, 6.45) is -9.72. The van der Waals surface area contributed by atoms with Gasteiger partial charge in [-0.2, -0.15) is 0 Å². The first-order valence-corrected chi connectivity index (χ1v) is 6.94. The molecule has 2 saturated heterocycles. The summed E-state index contributed by atoms with van der Waals surface area (Å²) >= 11 is 0. The zero-order valence-electron chi connectivity index (χ0n) is 11.7. The Morgan fingerprint density at radius 3 is 2.14 bits per heavy atom. The van der Waals surface area contributed by atoms with Crippen LogP contribution in [0.4, 0.5) is 0 Å². The molecule has 0 aromatic heterocycles. The van der Waals surface area contributed by atoms with Crippen LogP contribution in [0.1, 0.15) is 6.42 Å². The Labute approximate surface area is 126 Å². The van der Waals surface area contributed by atoms with E-state index < -0.39 is 68.5 Å². The van der Waals surface area contributed by atoms with Crippen LogP contribution in [-0.4, -0.2) is 104 Å². The van der Waals surface area contributed by atoms with Crippen LogP contribution in [0.2, 0.25) is 0 Å². The van der Waals surface area contributed by atoms with Crippen LogP contribution in [0.3, 0.4) is 0 Å². The molecule has 0 aromatic rings. The first kappa shape index (κ1) is 17.9. The predicted molar refractivity (Wildman–Crippen MR) is 67.3 cm³/mol. The van der Waals surface area contributed by atoms with E-state index in [1.54, 1.807) is 0 Å². The third kappa shape index (κ3) is 3.12. The maximum atomic E-state index is 9.98. The van der Waals surface area contributed by atoms with Crippen LogP contribution in [0.5, 0.6) is 0 Å². The number of hydrogen-bond donors (Lipinski definition) is 7. The van der Waals surface area contributed by atoms with E-state index in [9.17, 15) is 25.5 Å². The lowest BCUT2D eigenvalue weighted by atomic mass is 9.99. The smallest absolute Gasteiger partial charge is 0.221 e. The lowest BCUT2D eigenvalue weighted by Gasteiger charge is -2.43. The molecule has 0 bridgehead atoms. The number of rotatable bonds is 5. The summed E-state index contributed by atoms with van der Waals surface area (Å²) in [6, 6.07) is 0. The first-order chi connectivity index (χ1) is 10.4. The summed E-state index contributed by atoms with van der Waals surface area (Å²) in [4.78, 5) is 0. The summed E-state index contributed by atoms with van der Waals surface area (Å²) in [7, 11) is 0. The molecule has 0 aliphatic carbocycles. The van der Waals surface area contributed by atoms with Crippen molar-refractivity contribution in [1.82, 2.24) is 0 Å². The standard InChI is InChI=1S/C12H22O10/c13-2-5-1-7(16)12(4-15,21-5)22-11-10(19)9(18)8(17)6(3-14)20-11/h5-11,13-19H,1-4H2/t5-,6?,7+,8?,9?,10?,11?,12-/m0/s1. The van der Waals surface area contributed by atoms with Gasteiger partial charge >= 0.3 is 0 Å². The van der Waals surface area contributed by atoms with Crippen LogP contribution in [0.15, 0.2) is 0 Å². The van der Waals surface area contributed by atoms with E-state index in [0.717, 1.165) is 0 Å². The minimum atomic E-state index is -1.94. The number of aliphatic hydroxyl groups excluding tert-OH is 7. The van der Waals surface area contributed by atoms with Gasteiger partial charge in [0.15, 0.2) is 6.29 Å². The lowest BCUT2D eigenvalue weighted by molar-refractivity contribution is -0.383. The average molecular weight is 326 g/mol. The third-order valence-corrected chi connectivity index (χ3v) is 3.95. The van der Waals surface area contributed by atoms with Crippen LogP contribution >= 0.6 is 0 Å². The molecule has 0 spiro atoms. The van der Waals surface area contributed by atoms with Gasteiger partial charge in [0.25, 0.3) is 0 Å². The molecular formula is C12H22O10. The molecule has 2 heterocycles. The van der Waals surface area contributed by atoms with Gasteiger partial charge in [-0.3, -0.25) is 0 Å². The Balaban J connectivity index is 2.13. The van der Waals surface area contributed by atoms with Crippen molar-refractivity contribution in [3.63, 3.8) is 0 Å². The topological polar surface area (TPSA) is 169 Å². The Kier molecular flexibility index (Phi) is 5.72. The van der Waals surface area contributed by atoms with E-state index in [0.29, 0.717) is 0 Å². The predicted octanol–water partition coefficient (Wildman–Crippen LogP) is -4.37. The second kappa shape index (κ2) is 7.01. The molecule has 0 saturated carbocycles. The molecule has 8 atom stereocenters. The van der Waals surface area contributed by atoms with Gasteiger partial charge < -0.3 is 50.0 Å². The van der Waals surface area contributed by atoms with Gasteiger partial charge in [-0.15, -0.1) is 0 Å². The van der Waals surface area contributed by atoms with Crippen molar-refractivity contribution in [2.24, 2.45) is 0 Å². The van der Waals surface area contributed by atoms with Gasteiger partial charge in [0, 0.05) is 6.42 Å². The fourth-order valence-corrected chi connectivity index (χ4v) is 2.60. The van der Waals surface area contributed by atoms with Crippen molar-refractivity contribution in [3.8, 4) is 0 Å². The summed E-state index contributed by atoms with van der Waals surface area (Å²) in [5.41, 5.74) is 0. The monoisotopic (exact) mass is 326 g/mol. The van der Waals surface area contributed by atoms with E-state index in [1.165, 1.54) is 0 Å². The van der Waals surface area contributed by atoms with Gasteiger partial charge in [-0.1, -0.05) is 0 Å². The van der Waals surface area contributed by atoms with E-state index in [-0.39, 0.29) is 6.42 Å². The second-order valence-electron chi connectivity index (χ2n) is 5.46. The molecule has 0 amide bonds. The average Bonchev–Trinajstić information content (AvgIpc) is 2.84. The van der Waals surface area contributed by atoms with E-state index in [2.05, 4.69) is 0 Å². The van der Waals surface area contributed by atoms with Crippen molar-refractivity contribution in [2.45, 2.75) is 55.1 Å². The van der Waals surface area contributed by atoms with Gasteiger partial charge in [-0.25, -0.2) is 0 Å². The highest BCUT2D eigenvalue weighted by Gasteiger charge is 2.54. The summed E-state index contributed by atoms with van der Waals surface area (Å²) < 4.78 is 15.7. The second-order valence-corrected chi connectivity index (χ2v) is 5.46. The van der Waals surface area contributed by atoms with Crippen molar-refractivity contribution in [1.29, 1.82) is 0 Å². The fourth-order valence-electron chi connectivity index (χ4n) is 2.60. The number of ether oxygens (including phenoxy) is 3. The van der Waals surface area contributed by atoms with Crippen LogP contribution in [0.25, 0.3) is 0 Å². The maximum absolute atomic E-state index is 9.98. The Hall–Kier alpha value is -0.400. The molecule has 130 valence electrons. The molecule has 10 nitrogen and oxygen atoms in total. The quantitative estimate of drug-likeness (QED) is 0.262. The van der Waals surface area contributed by atoms with Crippen LogP contribution in [0, 0.1) is 0 Å². The van der Waals surface area contributed by atoms with Crippen molar-refractivity contribution in [3.05, 3.63) is 0 Å². The first-order valence-electron chi connectivity index (χ1n) is 6.94. The van der Waals surface area contributed by atoms with Gasteiger partial charge in [-0.05, 0) is 0 Å². The molecule has 7 N–H and O–H groups in total. The highest BCUT2D eigenvalue weighted by molar-refractivity contribution is 4.93. The summed E-state index contributed by atoms with van der Waals surface area (Å²) in [5, 5.41) is 66.9. The molecule has 5 unspecified atom stereocenters. The minimum absolute atomic E-state index is 0.00547. The SMILES string of the molecule is OCC1OC(O[C@]2(CO)O[C@H](CO)C[C@H]2O)C(O)C(O)C1O. The van der Waals surface area contributed by atoms with E-state index >= 15 is 0 Å². The highest BCUT2D eigenvalue weighted by Crippen LogP contribution is 2.35. The van der Waals surface area contributed by atoms with Gasteiger partial charge in [0.2, 0.25) is 5.79 Å². The molecule has 2 aliphatic rings. The summed E-state index contributed by atoms with van der Waals surface area (Å²) in [5.74, 6) is -1.94. The zero-order chi connectivity index (χ0) is 16.5. The maximum Gasteiger partial charge on any atom is 0.221 e. The molecule has 2 fully saturated rings. The van der Waals surface area contributed by atoms with Crippen LogP contribution in [-0.2, 0) is 14.2 Å². The van der Waals surface area contributed by atoms with Crippen LogP contribution < -0.4 is 0 Å². The molecule has 10 heteroatoms. The van der Waals surface area contributed by atoms with E-state index in [1.807, 2.05) is 0 Å². The number of aliphatic hydroxyl groups is 7. The Morgan fingerprint density at radius 2 is 1.64 bits per heavy atom. The minimum Gasteiger partial charge on any atom is -0.394 e. The summed E-state index contributed by atoms with van der Waals surface area (Å²) in [6.45, 7) is -1.84. The molecular weight excluding hydrogens is 304 g/mol. The molecule has 2 aliphatic heterocycles. The van der Waals surface area contributed by atoms with Crippen molar-refractivity contribution < 1.29 is 50.0 Å². The third-order valence-electron chi connectivity index (χ3n) is 3.95. The molecule has 22 heavy (non-hydrogen) atoms. The van der Waals surface area contributed by atoms with E-state index in [4.69, 9.17) is 24.4 Å². The van der Waals surface area contributed by atoms with Gasteiger partial charge in [0.05, 0.1) is 19.3 Å². The zero-order valence-corrected chi connectivity index (χ0v) is 11.7. The highest BCUT2D eigenvalue weighted by atomic mass is 16.8. The molecule has 0 aromatic carbocycles. The molecule has 0 radical (unpaired) electrons. The Morgan fingerprint density at radius 1 is 0.955 bits per heavy atom. The fraction of sp³-hybridized carbons (Fsp3) is 1.00. The molecule has 2 rings (SSSR count). The lowest BCUT2D eigenvalue weighted by Crippen LogP contribution is -2.62. The normalized spacial score (nSPS) is 49.5.